The molecule has 19 heavy (non-hydrogen) atoms. The van der Waals surface area contributed by atoms with Crippen LogP contribution in [0.2, 0.25) is 0 Å². The predicted octanol–water partition coefficient (Wildman–Crippen LogP) is 0.533. The van der Waals surface area contributed by atoms with Gasteiger partial charge in [0.25, 0.3) is 5.56 Å². The van der Waals surface area contributed by atoms with Gasteiger partial charge >= 0.3 is 5.97 Å². The minimum atomic E-state index is -0.991. The van der Waals surface area contributed by atoms with Crippen molar-refractivity contribution in [2.45, 2.75) is 30.5 Å². The van der Waals surface area contributed by atoms with Crippen LogP contribution >= 0.6 is 11.8 Å². The third kappa shape index (κ3) is 3.36. The van der Waals surface area contributed by atoms with Crippen molar-refractivity contribution in [1.82, 2.24) is 9.97 Å². The Bertz CT molecular complexity index is 515. The second-order valence-electron chi connectivity index (χ2n) is 4.56. The first-order chi connectivity index (χ1) is 9.06. The van der Waals surface area contributed by atoms with Gasteiger partial charge in [0.1, 0.15) is 5.54 Å². The summed E-state index contributed by atoms with van der Waals surface area (Å²) in [7, 11) is 0. The third-order valence-electron chi connectivity index (χ3n) is 3.06. The molecular weight excluding hydrogens is 266 g/mol. The second kappa shape index (κ2) is 5.75. The van der Waals surface area contributed by atoms with Crippen LogP contribution in [0, 0.1) is 5.92 Å². The van der Waals surface area contributed by atoms with E-state index in [1.165, 1.54) is 24.0 Å². The van der Waals surface area contributed by atoms with Crippen LogP contribution in [0.4, 0.5) is 0 Å². The van der Waals surface area contributed by atoms with Crippen molar-refractivity contribution in [1.29, 1.82) is 0 Å². The normalized spacial score (nSPS) is 17.8. The molecule has 0 aromatic carbocycles. The molecule has 1 aromatic rings. The molecule has 0 bridgehead atoms. The molecule has 1 unspecified atom stereocenters. The fourth-order valence-corrected chi connectivity index (χ4v) is 2.86. The number of hydrogen-bond donors (Lipinski definition) is 2. The van der Waals surface area contributed by atoms with Gasteiger partial charge in [0.05, 0.1) is 6.61 Å². The summed E-state index contributed by atoms with van der Waals surface area (Å²) in [5.74, 6) is 0.140. The number of esters is 1. The molecule has 7 heteroatoms. The Balaban J connectivity index is 2.05. The van der Waals surface area contributed by atoms with Gasteiger partial charge in [-0.2, -0.15) is 0 Å². The molecule has 104 valence electrons. The minimum absolute atomic E-state index is 0.162. The highest BCUT2D eigenvalue weighted by Crippen LogP contribution is 2.41. The maximum Gasteiger partial charge on any atom is 0.327 e. The number of nitrogens with zero attached hydrogens (tertiary/aromatic N) is 1. The number of H-pyrrole nitrogens is 1. The zero-order chi connectivity index (χ0) is 13.9. The van der Waals surface area contributed by atoms with Crippen molar-refractivity contribution in [2.75, 3.05) is 12.4 Å². The highest BCUT2D eigenvalue weighted by Gasteiger charge is 2.49. The molecule has 1 aliphatic carbocycles. The molecule has 1 heterocycles. The summed E-state index contributed by atoms with van der Waals surface area (Å²) in [5.41, 5.74) is 4.99. The van der Waals surface area contributed by atoms with E-state index < -0.39 is 5.54 Å². The summed E-state index contributed by atoms with van der Waals surface area (Å²) in [6.45, 7) is 2.07. The maximum absolute atomic E-state index is 12.0. The number of hydrogen-bond acceptors (Lipinski definition) is 6. The average molecular weight is 283 g/mol. The molecule has 1 fully saturated rings. The van der Waals surface area contributed by atoms with Gasteiger partial charge in [0.15, 0.2) is 5.16 Å². The van der Waals surface area contributed by atoms with Crippen molar-refractivity contribution < 1.29 is 9.53 Å². The Labute approximate surface area is 115 Å². The molecule has 1 aromatic heterocycles. The van der Waals surface area contributed by atoms with E-state index in [-0.39, 0.29) is 17.4 Å². The highest BCUT2D eigenvalue weighted by molar-refractivity contribution is 7.99. The number of aromatic nitrogens is 2. The number of aromatic amines is 1. The zero-order valence-electron chi connectivity index (χ0n) is 10.7. The van der Waals surface area contributed by atoms with Gasteiger partial charge in [-0.3, -0.25) is 9.59 Å². The van der Waals surface area contributed by atoms with Crippen LogP contribution in [0.15, 0.2) is 22.2 Å². The molecule has 2 rings (SSSR count). The zero-order valence-corrected chi connectivity index (χ0v) is 11.5. The standard InChI is InChI=1S/C12H17N3O3S/c1-2-18-10(17)12(13,8-3-4-8)7-19-11-14-6-5-9(16)15-11/h5-6,8H,2-4,7,13H2,1H3,(H,14,15,16). The summed E-state index contributed by atoms with van der Waals surface area (Å²) in [5, 5.41) is 0.465. The number of thioether (sulfide) groups is 1. The number of carbonyl (C=O) groups is 1. The van der Waals surface area contributed by atoms with Crippen LogP contribution in [0.3, 0.4) is 0 Å². The lowest BCUT2D eigenvalue weighted by Crippen LogP contribution is -2.53. The largest absolute Gasteiger partial charge is 0.465 e. The smallest absolute Gasteiger partial charge is 0.327 e. The molecule has 0 amide bonds. The highest BCUT2D eigenvalue weighted by atomic mass is 32.2. The maximum atomic E-state index is 12.0. The lowest BCUT2D eigenvalue weighted by Gasteiger charge is -2.26. The molecule has 6 nitrogen and oxygen atoms in total. The van der Waals surface area contributed by atoms with E-state index in [1.807, 2.05) is 0 Å². The van der Waals surface area contributed by atoms with Crippen LogP contribution < -0.4 is 11.3 Å². The van der Waals surface area contributed by atoms with Crippen LogP contribution in [0.5, 0.6) is 0 Å². The third-order valence-corrected chi connectivity index (χ3v) is 4.16. The monoisotopic (exact) mass is 283 g/mol. The molecule has 1 aliphatic rings. The minimum Gasteiger partial charge on any atom is -0.465 e. The van der Waals surface area contributed by atoms with Gasteiger partial charge in [-0.25, -0.2) is 4.98 Å². The average Bonchev–Trinajstić information content (AvgIpc) is 3.21. The van der Waals surface area contributed by atoms with Gasteiger partial charge in [-0.05, 0) is 25.7 Å². The Kier molecular flexibility index (Phi) is 4.26. The lowest BCUT2D eigenvalue weighted by atomic mass is 9.97. The number of carbonyl (C=O) groups excluding carboxylic acids is 1. The number of nitrogens with two attached hydrogens (primary N) is 1. The number of ether oxygens (including phenoxy) is 1. The summed E-state index contributed by atoms with van der Waals surface area (Å²) < 4.78 is 5.05. The van der Waals surface area contributed by atoms with E-state index in [0.29, 0.717) is 17.5 Å². The van der Waals surface area contributed by atoms with Crippen molar-refractivity contribution in [3.8, 4) is 0 Å². The van der Waals surface area contributed by atoms with Crippen molar-refractivity contribution >= 4 is 17.7 Å². The van der Waals surface area contributed by atoms with E-state index in [2.05, 4.69) is 9.97 Å². The molecule has 0 radical (unpaired) electrons. The summed E-state index contributed by atoms with van der Waals surface area (Å²) >= 11 is 1.27. The Hall–Kier alpha value is -1.34. The molecule has 0 spiro atoms. The second-order valence-corrected chi connectivity index (χ2v) is 5.53. The molecule has 1 saturated carbocycles. The molecule has 0 saturated heterocycles. The van der Waals surface area contributed by atoms with E-state index in [9.17, 15) is 9.59 Å². The van der Waals surface area contributed by atoms with Gasteiger partial charge in [-0.15, -0.1) is 0 Å². The van der Waals surface area contributed by atoms with Crippen LogP contribution in [-0.4, -0.2) is 33.8 Å². The first-order valence-corrected chi connectivity index (χ1v) is 7.19. The quantitative estimate of drug-likeness (QED) is 0.449. The van der Waals surface area contributed by atoms with E-state index >= 15 is 0 Å². The molecular formula is C12H17N3O3S. The number of rotatable bonds is 6. The Morgan fingerprint density at radius 1 is 1.68 bits per heavy atom. The lowest BCUT2D eigenvalue weighted by molar-refractivity contribution is -0.149. The van der Waals surface area contributed by atoms with Crippen molar-refractivity contribution in [3.63, 3.8) is 0 Å². The number of nitrogens with one attached hydrogen (secondary N) is 1. The fourth-order valence-electron chi connectivity index (χ4n) is 1.82. The molecule has 1 atom stereocenters. The van der Waals surface area contributed by atoms with Gasteiger partial charge in [0.2, 0.25) is 0 Å². The first-order valence-electron chi connectivity index (χ1n) is 6.20. The summed E-state index contributed by atoms with van der Waals surface area (Å²) in [6.07, 6.45) is 3.31. The van der Waals surface area contributed by atoms with Gasteiger partial charge in [0, 0.05) is 18.0 Å². The van der Waals surface area contributed by atoms with Gasteiger partial charge < -0.3 is 15.5 Å². The Morgan fingerprint density at radius 2 is 2.42 bits per heavy atom. The van der Waals surface area contributed by atoms with E-state index in [0.717, 1.165) is 12.8 Å². The molecule has 0 aliphatic heterocycles. The van der Waals surface area contributed by atoms with Gasteiger partial charge in [-0.1, -0.05) is 11.8 Å². The first kappa shape index (κ1) is 14.1. The molecule has 3 N–H and O–H groups in total. The van der Waals surface area contributed by atoms with Crippen molar-refractivity contribution in [3.05, 3.63) is 22.6 Å². The predicted molar refractivity (Wildman–Crippen MR) is 71.9 cm³/mol. The van der Waals surface area contributed by atoms with Crippen LogP contribution in [0.25, 0.3) is 0 Å². The van der Waals surface area contributed by atoms with Crippen molar-refractivity contribution in [2.24, 2.45) is 11.7 Å². The van der Waals surface area contributed by atoms with E-state index in [4.69, 9.17) is 10.5 Å². The van der Waals surface area contributed by atoms with Crippen LogP contribution in [-0.2, 0) is 9.53 Å². The van der Waals surface area contributed by atoms with Crippen LogP contribution in [0.1, 0.15) is 19.8 Å². The summed E-state index contributed by atoms with van der Waals surface area (Å²) in [4.78, 5) is 29.8. The fraction of sp³-hybridized carbons (Fsp3) is 0.583. The van der Waals surface area contributed by atoms with E-state index in [1.54, 1.807) is 6.92 Å². The summed E-state index contributed by atoms with van der Waals surface area (Å²) in [6, 6.07) is 1.34. The Morgan fingerprint density at radius 3 is 3.00 bits per heavy atom. The SMILES string of the molecule is CCOC(=O)C(N)(CSc1nccc(=O)[nH]1)C1CC1. The topological polar surface area (TPSA) is 98.1 Å².